The lowest BCUT2D eigenvalue weighted by Gasteiger charge is -2.34. The predicted octanol–water partition coefficient (Wildman–Crippen LogP) is 32.3. The number of benzene rings is 21. The van der Waals surface area contributed by atoms with E-state index in [1.165, 1.54) is 171 Å². The summed E-state index contributed by atoms with van der Waals surface area (Å²) in [4.78, 5) is 4.75. The first-order chi connectivity index (χ1) is 61.0. The Bertz CT molecular complexity index is 7270. The highest BCUT2D eigenvalue weighted by molar-refractivity contribution is 6.23. The zero-order chi connectivity index (χ0) is 81.8. The van der Waals surface area contributed by atoms with Crippen LogP contribution in [0.15, 0.2) is 491 Å². The van der Waals surface area contributed by atoms with E-state index < -0.39 is 10.8 Å². The molecule has 0 N–H and O–H groups in total. The quantitative estimate of drug-likeness (QED) is 0.0944. The Morgan fingerprint density at radius 2 is 0.333 bits per heavy atom. The molecule has 0 aromatic heterocycles. The molecule has 21 aromatic rings. The van der Waals surface area contributed by atoms with E-state index >= 15 is 0 Å². The zero-order valence-electron chi connectivity index (χ0n) is 68.2. The summed E-state index contributed by atoms with van der Waals surface area (Å²) < 4.78 is 0. The molecule has 0 unspecified atom stereocenters. The van der Waals surface area contributed by atoms with Crippen LogP contribution in [0.5, 0.6) is 0 Å². The molecule has 21 aromatic carbocycles. The van der Waals surface area contributed by atoms with Crippen LogP contribution in [0, 0.1) is 6.92 Å². The van der Waals surface area contributed by atoms with Crippen molar-refractivity contribution in [3.05, 3.63) is 541 Å². The Morgan fingerprint density at radius 1 is 0.146 bits per heavy atom. The fourth-order valence-corrected chi connectivity index (χ4v) is 20.4. The molecule has 0 saturated heterocycles. The van der Waals surface area contributed by atoms with Crippen molar-refractivity contribution in [2.75, 3.05) is 9.80 Å². The SMILES string of the molecule is Cc1ccc(C2(c3ccc(N(c4ccccc4)c4ccc(-c5c6ccccc6c(-c6ccccc6)c6ccccc56)cc4)cc3)c3ccccc3-c3ccccc32)cc1.c1ccc(-c2ccc(-c3c4ccccc4c(-c4ccc(N(c5ccccc5)c5ccc(C6(c7ccccc7)c7ccccc7-c7ccccc76)cc5)cc4)c4ccccc34)cc2)cc1. The van der Waals surface area contributed by atoms with Gasteiger partial charge in [0.25, 0.3) is 0 Å². The van der Waals surface area contributed by atoms with Crippen LogP contribution in [0.25, 0.3) is 121 Å². The van der Waals surface area contributed by atoms with Crippen LogP contribution in [0.4, 0.5) is 34.1 Å². The van der Waals surface area contributed by atoms with E-state index in [-0.39, 0.29) is 0 Å². The van der Waals surface area contributed by atoms with Crippen LogP contribution >= 0.6 is 0 Å². The minimum Gasteiger partial charge on any atom is -0.311 e. The number of hydrogen-bond acceptors (Lipinski definition) is 2. The minimum absolute atomic E-state index is 0.444. The van der Waals surface area contributed by atoms with E-state index in [0.29, 0.717) is 0 Å². The van der Waals surface area contributed by atoms with Crippen molar-refractivity contribution in [3.63, 3.8) is 0 Å². The van der Waals surface area contributed by atoms with E-state index in [9.17, 15) is 0 Å². The molecule has 2 aliphatic carbocycles. The van der Waals surface area contributed by atoms with Gasteiger partial charge in [0.1, 0.15) is 0 Å². The number of para-hydroxylation sites is 2. The van der Waals surface area contributed by atoms with Crippen molar-refractivity contribution in [2.45, 2.75) is 17.8 Å². The summed E-state index contributed by atoms with van der Waals surface area (Å²) in [5.74, 6) is 0. The minimum atomic E-state index is -0.446. The number of anilines is 6. The van der Waals surface area contributed by atoms with Crippen molar-refractivity contribution in [1.82, 2.24) is 0 Å². The Morgan fingerprint density at radius 3 is 0.634 bits per heavy atom. The maximum absolute atomic E-state index is 2.37. The van der Waals surface area contributed by atoms with Gasteiger partial charge in [-0.25, -0.2) is 0 Å². The van der Waals surface area contributed by atoms with Gasteiger partial charge in [0, 0.05) is 34.1 Å². The van der Waals surface area contributed by atoms with Crippen molar-refractivity contribution in [2.24, 2.45) is 0 Å². The summed E-state index contributed by atoms with van der Waals surface area (Å²) in [5, 5.41) is 10.0. The van der Waals surface area contributed by atoms with E-state index in [0.717, 1.165) is 34.1 Å². The molecular formula is C121H84N2. The summed E-state index contributed by atoms with van der Waals surface area (Å²) in [6.07, 6.45) is 0. The van der Waals surface area contributed by atoms with Gasteiger partial charge in [-0.2, -0.15) is 0 Å². The first-order valence-electron chi connectivity index (χ1n) is 42.7. The molecule has 2 heteroatoms. The highest BCUT2D eigenvalue weighted by Gasteiger charge is 2.48. The van der Waals surface area contributed by atoms with Crippen LogP contribution in [0.3, 0.4) is 0 Å². The molecule has 123 heavy (non-hydrogen) atoms. The third kappa shape index (κ3) is 12.5. The van der Waals surface area contributed by atoms with E-state index in [2.05, 4.69) is 508 Å². The monoisotopic (exact) mass is 1560 g/mol. The first kappa shape index (κ1) is 73.6. The highest BCUT2D eigenvalue weighted by atomic mass is 15.1. The highest BCUT2D eigenvalue weighted by Crippen LogP contribution is 2.59. The van der Waals surface area contributed by atoms with Crippen molar-refractivity contribution in [3.8, 4) is 77.9 Å². The number of nitrogens with zero attached hydrogens (tertiary/aromatic N) is 2. The van der Waals surface area contributed by atoms with Gasteiger partial charge in [-0.3, -0.25) is 0 Å². The van der Waals surface area contributed by atoms with E-state index in [4.69, 9.17) is 0 Å². The van der Waals surface area contributed by atoms with Gasteiger partial charge in [0.2, 0.25) is 0 Å². The molecule has 0 saturated carbocycles. The lowest BCUT2D eigenvalue weighted by atomic mass is 9.67. The largest absolute Gasteiger partial charge is 0.311 e. The average Bonchev–Trinajstić information content (AvgIpc) is 1.55. The molecule has 0 bridgehead atoms. The van der Waals surface area contributed by atoms with Gasteiger partial charge in [0.15, 0.2) is 0 Å². The fraction of sp³-hybridized carbons (Fsp3) is 0.0248. The Hall–Kier alpha value is -15.7. The second-order valence-corrected chi connectivity index (χ2v) is 32.4. The van der Waals surface area contributed by atoms with Crippen LogP contribution < -0.4 is 9.80 Å². The molecule has 0 radical (unpaired) electrons. The van der Waals surface area contributed by atoms with Gasteiger partial charge >= 0.3 is 0 Å². The normalized spacial score (nSPS) is 12.6. The molecule has 2 nitrogen and oxygen atoms in total. The second kappa shape index (κ2) is 31.2. The molecular weight excluding hydrogens is 1480 g/mol. The predicted molar refractivity (Wildman–Crippen MR) is 519 cm³/mol. The Labute approximate surface area is 719 Å². The van der Waals surface area contributed by atoms with Gasteiger partial charge < -0.3 is 9.80 Å². The van der Waals surface area contributed by atoms with Gasteiger partial charge in [-0.15, -0.1) is 0 Å². The van der Waals surface area contributed by atoms with Crippen LogP contribution in [-0.4, -0.2) is 0 Å². The van der Waals surface area contributed by atoms with Crippen molar-refractivity contribution >= 4 is 77.2 Å². The summed E-state index contributed by atoms with van der Waals surface area (Å²) in [6, 6.07) is 180. The van der Waals surface area contributed by atoms with Crippen molar-refractivity contribution < 1.29 is 0 Å². The molecule has 0 heterocycles. The molecule has 0 aliphatic heterocycles. The number of rotatable bonds is 15. The maximum Gasteiger partial charge on any atom is 0.0713 e. The second-order valence-electron chi connectivity index (χ2n) is 32.4. The van der Waals surface area contributed by atoms with Crippen LogP contribution in [-0.2, 0) is 10.8 Å². The molecule has 578 valence electrons. The molecule has 0 amide bonds. The Balaban J connectivity index is 0.000000147. The van der Waals surface area contributed by atoms with Gasteiger partial charge in [-0.1, -0.05) is 424 Å². The summed E-state index contributed by atoms with van der Waals surface area (Å²) >= 11 is 0. The third-order valence-electron chi connectivity index (χ3n) is 25.8. The number of fused-ring (bicyclic) bond motifs is 10. The van der Waals surface area contributed by atoms with Crippen LogP contribution in [0.2, 0.25) is 0 Å². The summed E-state index contributed by atoms with van der Waals surface area (Å²) in [5.41, 5.74) is 34.9. The lowest BCUT2D eigenvalue weighted by Crippen LogP contribution is -2.28. The van der Waals surface area contributed by atoms with Crippen LogP contribution in [0.1, 0.15) is 50.1 Å². The standard InChI is InChI=1S/C63H43N.C58H41N/c1-4-18-44(19-5-1)45-32-34-46(35-33-45)61-55-26-10-12-28-57(55)62(58-29-13-11-27-56(58)61)47-36-40-51(41-37-47)64(50-22-8-3-9-23-50)52-42-38-49(39-43-52)63(48-20-6-2-7-21-48)59-30-16-14-24-53(59)54-25-15-17-31-60(54)63;1-40-28-32-43(33-29-40)58(54-26-14-12-20-48(54)49-21-13-15-27-55(49)58)44-34-38-47(39-35-44)59(45-18-6-3-7-19-45)46-36-30-42(31-37-46)57-52-24-10-8-22-50(52)56(41-16-4-2-5-17-41)51-23-9-11-25-53(51)57/h1-43H;2-39H,1H3. The zero-order valence-corrected chi connectivity index (χ0v) is 68.2. The van der Waals surface area contributed by atoms with E-state index in [1.807, 2.05) is 0 Å². The van der Waals surface area contributed by atoms with E-state index in [1.54, 1.807) is 0 Å². The summed E-state index contributed by atoms with van der Waals surface area (Å²) in [7, 11) is 0. The fourth-order valence-electron chi connectivity index (χ4n) is 20.4. The van der Waals surface area contributed by atoms with Gasteiger partial charge in [0.05, 0.1) is 10.8 Å². The molecule has 0 spiro atoms. The smallest absolute Gasteiger partial charge is 0.0713 e. The summed E-state index contributed by atoms with van der Waals surface area (Å²) in [6.45, 7) is 2.17. The van der Waals surface area contributed by atoms with Gasteiger partial charge in [-0.05, 0) is 245 Å². The molecule has 0 fully saturated rings. The molecule has 0 atom stereocenters. The number of hydrogen-bond donors (Lipinski definition) is 0. The van der Waals surface area contributed by atoms with Crippen molar-refractivity contribution in [1.29, 1.82) is 0 Å². The third-order valence-corrected chi connectivity index (χ3v) is 25.8. The maximum atomic E-state index is 2.37. The average molecular weight is 1570 g/mol. The Kier molecular flexibility index (Phi) is 18.7. The molecule has 23 rings (SSSR count). The first-order valence-corrected chi connectivity index (χ1v) is 42.7. The topological polar surface area (TPSA) is 6.48 Å². The lowest BCUT2D eigenvalue weighted by molar-refractivity contribution is 0.768. The number of aryl methyl sites for hydroxylation is 1. The molecule has 2 aliphatic rings.